The Morgan fingerprint density at radius 1 is 1.17 bits per heavy atom. The van der Waals surface area contributed by atoms with Crippen LogP contribution in [0.2, 0.25) is 0 Å². The summed E-state index contributed by atoms with van der Waals surface area (Å²) < 4.78 is 5.08. The van der Waals surface area contributed by atoms with E-state index in [1.807, 2.05) is 20.8 Å². The Bertz CT molecular complexity index is 610. The van der Waals surface area contributed by atoms with Crippen LogP contribution in [0.15, 0.2) is 12.1 Å². The number of esters is 1. The topological polar surface area (TPSA) is 58.6 Å². The summed E-state index contributed by atoms with van der Waals surface area (Å²) in [5, 5.41) is 3.28. The van der Waals surface area contributed by atoms with Crippen molar-refractivity contribution in [3.05, 3.63) is 28.8 Å². The molecule has 0 unspecified atom stereocenters. The van der Waals surface area contributed by atoms with E-state index in [1.54, 1.807) is 11.8 Å². The van der Waals surface area contributed by atoms with Gasteiger partial charge in [-0.15, -0.1) is 0 Å². The molecule has 5 nitrogen and oxygen atoms in total. The number of aryl methyl sites for hydroxylation is 3. The molecule has 24 heavy (non-hydrogen) atoms. The monoisotopic (exact) mass is 332 g/mol. The van der Waals surface area contributed by atoms with Gasteiger partial charge >= 0.3 is 5.97 Å². The zero-order valence-electron chi connectivity index (χ0n) is 15.4. The zero-order chi connectivity index (χ0) is 17.9. The van der Waals surface area contributed by atoms with E-state index in [0.29, 0.717) is 19.4 Å². The molecule has 1 N–H and O–H groups in total. The molecule has 1 aliphatic heterocycles. The van der Waals surface area contributed by atoms with E-state index in [0.717, 1.165) is 29.9 Å². The molecule has 1 heterocycles. The van der Waals surface area contributed by atoms with Crippen molar-refractivity contribution in [2.24, 2.45) is 5.41 Å². The van der Waals surface area contributed by atoms with Crippen molar-refractivity contribution < 1.29 is 14.3 Å². The first-order chi connectivity index (χ1) is 11.3. The lowest BCUT2D eigenvalue weighted by Crippen LogP contribution is -2.51. The van der Waals surface area contributed by atoms with Crippen LogP contribution < -0.4 is 10.2 Å². The number of rotatable bonds is 4. The van der Waals surface area contributed by atoms with Gasteiger partial charge in [0.1, 0.15) is 0 Å². The predicted molar refractivity (Wildman–Crippen MR) is 95.2 cm³/mol. The smallest absolute Gasteiger partial charge is 0.313 e. The van der Waals surface area contributed by atoms with Crippen molar-refractivity contribution in [2.75, 3.05) is 31.6 Å². The van der Waals surface area contributed by atoms with E-state index in [1.165, 1.54) is 12.7 Å². The summed E-state index contributed by atoms with van der Waals surface area (Å²) in [5.41, 5.74) is 3.54. The number of nitrogens with zero attached hydrogens (tertiary/aromatic N) is 1. The lowest BCUT2D eigenvalue weighted by Gasteiger charge is -2.39. The summed E-state index contributed by atoms with van der Waals surface area (Å²) in [6.45, 7) is 9.51. The van der Waals surface area contributed by atoms with Gasteiger partial charge in [0, 0.05) is 19.2 Å². The van der Waals surface area contributed by atoms with Gasteiger partial charge in [0.2, 0.25) is 5.91 Å². The van der Waals surface area contributed by atoms with Gasteiger partial charge in [0.25, 0.3) is 0 Å². The van der Waals surface area contributed by atoms with E-state index >= 15 is 0 Å². The SMILES string of the molecule is COC(=O)C1(CN(C(C)=O)c2c(C)cc(C)cc2C)CCNCC1. The highest BCUT2D eigenvalue weighted by atomic mass is 16.5. The number of carbonyl (C=O) groups is 2. The number of amides is 1. The van der Waals surface area contributed by atoms with Crippen molar-refractivity contribution in [2.45, 2.75) is 40.5 Å². The Kier molecular flexibility index (Phi) is 5.65. The molecule has 1 aromatic carbocycles. The highest BCUT2D eigenvalue weighted by Crippen LogP contribution is 2.35. The van der Waals surface area contributed by atoms with E-state index < -0.39 is 5.41 Å². The molecule has 1 fully saturated rings. The Morgan fingerprint density at radius 2 is 1.71 bits per heavy atom. The van der Waals surface area contributed by atoms with Gasteiger partial charge in [0.15, 0.2) is 0 Å². The van der Waals surface area contributed by atoms with E-state index in [4.69, 9.17) is 4.74 Å². The fraction of sp³-hybridized carbons (Fsp3) is 0.579. The van der Waals surface area contributed by atoms with Crippen LogP contribution in [0, 0.1) is 26.2 Å². The molecule has 5 heteroatoms. The standard InChI is InChI=1S/C19H28N2O3/c1-13-10-14(2)17(15(3)11-13)21(16(4)22)12-19(18(23)24-5)6-8-20-9-7-19/h10-11,20H,6-9,12H2,1-5H3. The normalized spacial score (nSPS) is 16.5. The second-order valence-electron chi connectivity index (χ2n) is 6.87. The number of carbonyl (C=O) groups excluding carboxylic acids is 2. The van der Waals surface area contributed by atoms with Gasteiger partial charge in [-0.1, -0.05) is 17.7 Å². The first kappa shape index (κ1) is 18.5. The molecule has 0 saturated carbocycles. The molecule has 0 bridgehead atoms. The van der Waals surface area contributed by atoms with Crippen molar-refractivity contribution in [3.63, 3.8) is 0 Å². The minimum atomic E-state index is -0.643. The first-order valence-electron chi connectivity index (χ1n) is 8.46. The van der Waals surface area contributed by atoms with Gasteiger partial charge in [-0.05, 0) is 57.8 Å². The van der Waals surface area contributed by atoms with Crippen LogP contribution in [-0.2, 0) is 14.3 Å². The van der Waals surface area contributed by atoms with E-state index in [9.17, 15) is 9.59 Å². The third kappa shape index (κ3) is 3.61. The molecule has 1 aliphatic rings. The second kappa shape index (κ2) is 7.34. The molecule has 1 aromatic rings. The van der Waals surface area contributed by atoms with Crippen LogP contribution in [0.25, 0.3) is 0 Å². The molecule has 1 amide bonds. The van der Waals surface area contributed by atoms with Crippen molar-refractivity contribution >= 4 is 17.6 Å². The Morgan fingerprint density at radius 3 is 2.17 bits per heavy atom. The number of benzene rings is 1. The first-order valence-corrected chi connectivity index (χ1v) is 8.46. The Hall–Kier alpha value is -1.88. The summed E-state index contributed by atoms with van der Waals surface area (Å²) >= 11 is 0. The molecule has 0 aromatic heterocycles. The number of piperidine rings is 1. The Labute approximate surface area is 144 Å². The average molecular weight is 332 g/mol. The fourth-order valence-electron chi connectivity index (χ4n) is 3.80. The zero-order valence-corrected chi connectivity index (χ0v) is 15.4. The number of nitrogens with one attached hydrogen (secondary N) is 1. The quantitative estimate of drug-likeness (QED) is 0.861. The van der Waals surface area contributed by atoms with Crippen molar-refractivity contribution in [1.29, 1.82) is 0 Å². The van der Waals surface area contributed by atoms with Crippen LogP contribution in [0.3, 0.4) is 0 Å². The highest BCUT2D eigenvalue weighted by molar-refractivity contribution is 5.94. The predicted octanol–water partition coefficient (Wildman–Crippen LogP) is 2.51. The number of hydrogen-bond donors (Lipinski definition) is 1. The van der Waals surface area contributed by atoms with Crippen molar-refractivity contribution in [1.82, 2.24) is 5.32 Å². The molecule has 132 valence electrons. The van der Waals surface area contributed by atoms with E-state index in [-0.39, 0.29) is 11.9 Å². The molecule has 0 atom stereocenters. The maximum Gasteiger partial charge on any atom is 0.313 e. The summed E-state index contributed by atoms with van der Waals surface area (Å²) in [6, 6.07) is 4.15. The Balaban J connectivity index is 2.44. The largest absolute Gasteiger partial charge is 0.469 e. The fourth-order valence-corrected chi connectivity index (χ4v) is 3.80. The van der Waals surface area contributed by atoms with Gasteiger partial charge < -0.3 is 15.0 Å². The van der Waals surface area contributed by atoms with Crippen LogP contribution in [0.1, 0.15) is 36.5 Å². The van der Waals surface area contributed by atoms with Crippen LogP contribution in [0.4, 0.5) is 5.69 Å². The number of hydrogen-bond acceptors (Lipinski definition) is 4. The minimum Gasteiger partial charge on any atom is -0.469 e. The lowest BCUT2D eigenvalue weighted by atomic mass is 9.78. The van der Waals surface area contributed by atoms with Gasteiger partial charge in [-0.2, -0.15) is 0 Å². The highest BCUT2D eigenvalue weighted by Gasteiger charge is 2.43. The van der Waals surface area contributed by atoms with Gasteiger partial charge in [-0.3, -0.25) is 9.59 Å². The third-order valence-corrected chi connectivity index (χ3v) is 4.93. The van der Waals surface area contributed by atoms with Crippen molar-refractivity contribution in [3.8, 4) is 0 Å². The minimum absolute atomic E-state index is 0.0492. The molecule has 1 saturated heterocycles. The molecule has 0 spiro atoms. The summed E-state index contributed by atoms with van der Waals surface area (Å²) in [5.74, 6) is -0.274. The van der Waals surface area contributed by atoms with Gasteiger partial charge in [0.05, 0.1) is 12.5 Å². The maximum absolute atomic E-state index is 12.5. The third-order valence-electron chi connectivity index (χ3n) is 4.93. The molecule has 0 aliphatic carbocycles. The molecule has 2 rings (SSSR count). The van der Waals surface area contributed by atoms with Crippen LogP contribution in [-0.4, -0.2) is 38.6 Å². The average Bonchev–Trinajstić information content (AvgIpc) is 2.53. The van der Waals surface area contributed by atoms with Crippen LogP contribution in [0.5, 0.6) is 0 Å². The van der Waals surface area contributed by atoms with Gasteiger partial charge in [-0.25, -0.2) is 0 Å². The summed E-state index contributed by atoms with van der Waals surface area (Å²) in [4.78, 5) is 26.7. The van der Waals surface area contributed by atoms with E-state index in [2.05, 4.69) is 17.4 Å². The number of anilines is 1. The summed E-state index contributed by atoms with van der Waals surface area (Å²) in [6.07, 6.45) is 1.35. The second-order valence-corrected chi connectivity index (χ2v) is 6.87. The maximum atomic E-state index is 12.5. The summed E-state index contributed by atoms with van der Waals surface area (Å²) in [7, 11) is 1.42. The van der Waals surface area contributed by atoms with Crippen LogP contribution >= 0.6 is 0 Å². The number of ether oxygens (including phenoxy) is 1. The molecular weight excluding hydrogens is 304 g/mol. The lowest BCUT2D eigenvalue weighted by molar-refractivity contribution is -0.154. The molecule has 0 radical (unpaired) electrons. The number of methoxy groups -OCH3 is 1. The molecular formula is C19H28N2O3.